The number of unbranched alkanes of at least 4 members (excludes halogenated alkanes) is 2. The van der Waals surface area contributed by atoms with E-state index in [0.29, 0.717) is 43.2 Å². The number of nitrogens with one attached hydrogen (secondary N) is 2. The van der Waals surface area contributed by atoms with Crippen molar-refractivity contribution in [3.05, 3.63) is 119 Å². The number of hydrogen-bond acceptors (Lipinski definition) is 8. The summed E-state index contributed by atoms with van der Waals surface area (Å²) < 4.78 is 13.6. The number of hydrogen-bond donors (Lipinski definition) is 4. The van der Waals surface area contributed by atoms with E-state index in [-0.39, 0.29) is 30.6 Å². The molecule has 2 amide bonds. The Hall–Kier alpha value is -4.58. The molecule has 0 aliphatic carbocycles. The van der Waals surface area contributed by atoms with Gasteiger partial charge in [0.25, 0.3) is 0 Å². The number of carbonyl (C=O) groups is 2. The molecule has 5 N–H and O–H groups in total. The summed E-state index contributed by atoms with van der Waals surface area (Å²) >= 11 is 0. The Morgan fingerprint density at radius 3 is 2.28 bits per heavy atom. The van der Waals surface area contributed by atoms with Gasteiger partial charge in [-0.3, -0.25) is 14.5 Å². The Morgan fingerprint density at radius 1 is 0.737 bits per heavy atom. The fourth-order valence-corrected chi connectivity index (χ4v) is 8.49. The highest BCUT2D eigenvalue weighted by Gasteiger charge is 2.36. The summed E-state index contributed by atoms with van der Waals surface area (Å²) in [6, 6.07) is 32.6. The van der Waals surface area contributed by atoms with Crippen molar-refractivity contribution in [1.82, 2.24) is 15.1 Å². The molecule has 4 aromatic carbocycles. The van der Waals surface area contributed by atoms with Gasteiger partial charge in [0.2, 0.25) is 11.8 Å². The van der Waals surface area contributed by atoms with Crippen LogP contribution in [-0.4, -0.2) is 71.6 Å². The van der Waals surface area contributed by atoms with E-state index in [1.54, 1.807) is 12.1 Å². The van der Waals surface area contributed by atoms with Gasteiger partial charge in [0.15, 0.2) is 6.29 Å². The number of ether oxygens (including phenoxy) is 2. The van der Waals surface area contributed by atoms with Gasteiger partial charge in [-0.05, 0) is 110 Å². The summed E-state index contributed by atoms with van der Waals surface area (Å²) in [5.41, 5.74) is 13.2. The lowest BCUT2D eigenvalue weighted by Gasteiger charge is -2.39. The lowest BCUT2D eigenvalue weighted by Crippen LogP contribution is -2.45. The van der Waals surface area contributed by atoms with Gasteiger partial charge in [0.05, 0.1) is 30.2 Å². The Balaban J connectivity index is 0.941. The molecule has 4 atom stereocenters. The molecular weight excluding hydrogens is 715 g/mol. The molecule has 0 radical (unpaired) electrons. The average molecular weight is 774 g/mol. The standard InChI is InChI=1S/C47H59N5O5/c48-42-16-4-5-17-43(42)50-46(55)19-3-1-2-18-45(54)49-30-35-11-8-12-37(27-35)38-13-9-14-39(28-38)47-56-41(29-44(57-47)36-22-20-34(33-53)21-23-36)32-52-26-10-15-40(52)31-51-24-6-7-25-51/h4-5,8-9,11-14,16-17,20-23,27-28,40-41,44,47,53H,1-3,6-7,10,15,18-19,24-26,29-33,48H2,(H,49,54)(H,50,55)/t40-,41-,44+,47+/m0/s1. The third-order valence-corrected chi connectivity index (χ3v) is 11.7. The van der Waals surface area contributed by atoms with Crippen LogP contribution in [0, 0.1) is 0 Å². The highest BCUT2D eigenvalue weighted by Crippen LogP contribution is 2.40. The maximum absolute atomic E-state index is 12.7. The van der Waals surface area contributed by atoms with E-state index in [2.05, 4.69) is 69.0 Å². The third kappa shape index (κ3) is 11.5. The summed E-state index contributed by atoms with van der Waals surface area (Å²) in [4.78, 5) is 30.3. The zero-order chi connectivity index (χ0) is 39.4. The number of likely N-dealkylation sites (tertiary alicyclic amines) is 2. The van der Waals surface area contributed by atoms with E-state index in [0.717, 1.165) is 72.3 Å². The Bertz CT molecular complexity index is 1910. The van der Waals surface area contributed by atoms with Crippen LogP contribution in [0.1, 0.15) is 98.9 Å². The fraction of sp³-hybridized carbons (Fsp3) is 0.447. The normalized spacial score (nSPS) is 21.4. The fourth-order valence-electron chi connectivity index (χ4n) is 8.49. The first kappa shape index (κ1) is 40.6. The Labute approximate surface area is 337 Å². The number of amides is 2. The molecule has 3 aliphatic rings. The number of para-hydroxylation sites is 2. The van der Waals surface area contributed by atoms with Crippen molar-refractivity contribution in [2.24, 2.45) is 0 Å². The van der Waals surface area contributed by atoms with Gasteiger partial charge in [0.1, 0.15) is 0 Å². The topological polar surface area (TPSA) is 129 Å². The van der Waals surface area contributed by atoms with Crippen molar-refractivity contribution in [2.45, 2.75) is 102 Å². The molecule has 3 fully saturated rings. The van der Waals surface area contributed by atoms with Crippen LogP contribution >= 0.6 is 0 Å². The van der Waals surface area contributed by atoms with Gasteiger partial charge >= 0.3 is 0 Å². The number of aliphatic hydroxyl groups is 1. The maximum Gasteiger partial charge on any atom is 0.224 e. The van der Waals surface area contributed by atoms with Gasteiger partial charge in [0, 0.05) is 50.5 Å². The molecular formula is C47H59N5O5. The first-order chi connectivity index (χ1) is 27.9. The zero-order valence-corrected chi connectivity index (χ0v) is 33.1. The van der Waals surface area contributed by atoms with Crippen LogP contribution in [0.4, 0.5) is 11.4 Å². The quantitative estimate of drug-likeness (QED) is 0.0634. The molecule has 0 bridgehead atoms. The van der Waals surface area contributed by atoms with Crippen molar-refractivity contribution < 1.29 is 24.2 Å². The second-order valence-electron chi connectivity index (χ2n) is 15.9. The number of nitrogens with two attached hydrogens (primary N) is 1. The molecule has 0 saturated carbocycles. The number of anilines is 2. The van der Waals surface area contributed by atoms with Crippen molar-refractivity contribution in [1.29, 1.82) is 0 Å². The molecule has 10 heteroatoms. The minimum Gasteiger partial charge on any atom is -0.397 e. The monoisotopic (exact) mass is 773 g/mol. The molecule has 3 aliphatic heterocycles. The van der Waals surface area contributed by atoms with Crippen molar-refractivity contribution in [3.8, 4) is 11.1 Å². The first-order valence-electron chi connectivity index (χ1n) is 21.0. The average Bonchev–Trinajstić information content (AvgIpc) is 3.93. The van der Waals surface area contributed by atoms with Crippen molar-refractivity contribution in [3.63, 3.8) is 0 Å². The molecule has 0 spiro atoms. The number of carbonyl (C=O) groups excluding carboxylic acids is 2. The summed E-state index contributed by atoms with van der Waals surface area (Å²) in [5, 5.41) is 15.6. The molecule has 0 unspecified atom stereocenters. The third-order valence-electron chi connectivity index (χ3n) is 11.7. The molecule has 3 saturated heterocycles. The number of benzene rings is 4. The van der Waals surface area contributed by atoms with E-state index in [4.69, 9.17) is 15.2 Å². The van der Waals surface area contributed by atoms with E-state index < -0.39 is 6.29 Å². The van der Waals surface area contributed by atoms with Crippen LogP contribution in [0.15, 0.2) is 97.1 Å². The smallest absolute Gasteiger partial charge is 0.224 e. The minimum absolute atomic E-state index is 0.00177. The van der Waals surface area contributed by atoms with Crippen LogP contribution in [0.5, 0.6) is 0 Å². The van der Waals surface area contributed by atoms with Gasteiger partial charge in [-0.1, -0.05) is 79.2 Å². The van der Waals surface area contributed by atoms with Gasteiger partial charge in [-0.25, -0.2) is 0 Å². The van der Waals surface area contributed by atoms with Crippen LogP contribution in [0.25, 0.3) is 11.1 Å². The molecule has 302 valence electrons. The van der Waals surface area contributed by atoms with Gasteiger partial charge < -0.3 is 35.8 Å². The van der Waals surface area contributed by atoms with Crippen molar-refractivity contribution in [2.75, 3.05) is 43.8 Å². The van der Waals surface area contributed by atoms with Crippen LogP contribution < -0.4 is 16.4 Å². The SMILES string of the molecule is Nc1ccccc1NC(=O)CCCCCC(=O)NCc1cccc(-c2cccc([C@@H]3O[C@H](CN4CCC[C@H]4CN4CCCC4)C[C@H](c4ccc(CO)cc4)O3)c2)c1. The largest absolute Gasteiger partial charge is 0.397 e. The second-order valence-corrected chi connectivity index (χ2v) is 15.9. The lowest BCUT2D eigenvalue weighted by atomic mass is 9.98. The molecule has 7 rings (SSSR count). The molecule has 4 aromatic rings. The second kappa shape index (κ2) is 20.2. The molecule has 3 heterocycles. The summed E-state index contributed by atoms with van der Waals surface area (Å²) in [6.45, 7) is 6.04. The Morgan fingerprint density at radius 2 is 1.49 bits per heavy atom. The van der Waals surface area contributed by atoms with Crippen molar-refractivity contribution >= 4 is 23.2 Å². The lowest BCUT2D eigenvalue weighted by molar-refractivity contribution is -0.253. The summed E-state index contributed by atoms with van der Waals surface area (Å²) in [5.74, 6) is -0.0687. The van der Waals surface area contributed by atoms with Gasteiger partial charge in [-0.2, -0.15) is 0 Å². The van der Waals surface area contributed by atoms with E-state index in [9.17, 15) is 14.7 Å². The zero-order valence-electron chi connectivity index (χ0n) is 33.1. The minimum atomic E-state index is -0.523. The molecule has 10 nitrogen and oxygen atoms in total. The predicted octanol–water partition coefficient (Wildman–Crippen LogP) is 7.74. The first-order valence-corrected chi connectivity index (χ1v) is 21.0. The van der Waals surface area contributed by atoms with Crippen LogP contribution in [0.2, 0.25) is 0 Å². The summed E-state index contributed by atoms with van der Waals surface area (Å²) in [6.07, 6.45) is 8.27. The predicted molar refractivity (Wildman–Crippen MR) is 225 cm³/mol. The van der Waals surface area contributed by atoms with Crippen LogP contribution in [0.3, 0.4) is 0 Å². The highest BCUT2D eigenvalue weighted by atomic mass is 16.7. The summed E-state index contributed by atoms with van der Waals surface area (Å²) in [7, 11) is 0. The Kier molecular flexibility index (Phi) is 14.4. The maximum atomic E-state index is 12.7. The van der Waals surface area contributed by atoms with E-state index in [1.165, 1.54) is 38.8 Å². The van der Waals surface area contributed by atoms with Gasteiger partial charge in [-0.15, -0.1) is 0 Å². The molecule has 0 aromatic heterocycles. The number of rotatable bonds is 17. The number of nitrogen functional groups attached to an aromatic ring is 1. The van der Waals surface area contributed by atoms with Crippen LogP contribution in [-0.2, 0) is 32.2 Å². The number of aliphatic hydroxyl groups excluding tert-OH is 1. The highest BCUT2D eigenvalue weighted by molar-refractivity contribution is 5.93. The number of nitrogens with zero attached hydrogens (tertiary/aromatic N) is 2. The van der Waals surface area contributed by atoms with E-state index in [1.807, 2.05) is 36.4 Å². The molecule has 57 heavy (non-hydrogen) atoms. The van der Waals surface area contributed by atoms with E-state index >= 15 is 0 Å².